The van der Waals surface area contributed by atoms with Crippen LogP contribution in [-0.4, -0.2) is 22.4 Å². The SMILES string of the molecule is C/C(=N\N1N=C(c2ccccc2)C(C)(C)C1=O)c1ccccc1. The molecular formula is C19H19N3O. The van der Waals surface area contributed by atoms with Crippen LogP contribution in [-0.2, 0) is 4.79 Å². The average Bonchev–Trinajstić information content (AvgIpc) is 2.80. The molecule has 3 rings (SSSR count). The lowest BCUT2D eigenvalue weighted by atomic mass is 9.84. The van der Waals surface area contributed by atoms with Crippen LogP contribution in [0.4, 0.5) is 0 Å². The highest BCUT2D eigenvalue weighted by molar-refractivity contribution is 6.19. The van der Waals surface area contributed by atoms with Crippen LogP contribution in [0.1, 0.15) is 31.9 Å². The highest BCUT2D eigenvalue weighted by Crippen LogP contribution is 2.32. The van der Waals surface area contributed by atoms with E-state index in [1.807, 2.05) is 81.4 Å². The van der Waals surface area contributed by atoms with Crippen molar-refractivity contribution >= 4 is 17.3 Å². The lowest BCUT2D eigenvalue weighted by Crippen LogP contribution is -2.33. The zero-order valence-electron chi connectivity index (χ0n) is 13.5. The Bertz CT molecular complexity index is 777. The molecule has 0 unspecified atom stereocenters. The van der Waals surface area contributed by atoms with E-state index < -0.39 is 5.41 Å². The van der Waals surface area contributed by atoms with Gasteiger partial charge in [0.25, 0.3) is 5.91 Å². The molecule has 0 atom stereocenters. The minimum atomic E-state index is -0.693. The van der Waals surface area contributed by atoms with Crippen LogP contribution >= 0.6 is 0 Å². The molecule has 0 N–H and O–H groups in total. The van der Waals surface area contributed by atoms with Gasteiger partial charge in [-0.1, -0.05) is 60.7 Å². The molecule has 0 spiro atoms. The second kappa shape index (κ2) is 5.80. The summed E-state index contributed by atoms with van der Waals surface area (Å²) in [6.07, 6.45) is 0. The van der Waals surface area contributed by atoms with Gasteiger partial charge in [0.1, 0.15) is 0 Å². The van der Waals surface area contributed by atoms with E-state index in [1.54, 1.807) is 0 Å². The summed E-state index contributed by atoms with van der Waals surface area (Å²) in [6, 6.07) is 19.5. The summed E-state index contributed by atoms with van der Waals surface area (Å²) < 4.78 is 0. The summed E-state index contributed by atoms with van der Waals surface area (Å²) >= 11 is 0. The summed E-state index contributed by atoms with van der Waals surface area (Å²) in [4.78, 5) is 12.7. The fraction of sp³-hybridized carbons (Fsp3) is 0.211. The zero-order chi connectivity index (χ0) is 16.4. The highest BCUT2D eigenvalue weighted by atomic mass is 16.2. The fourth-order valence-electron chi connectivity index (χ4n) is 2.58. The molecule has 0 aromatic heterocycles. The molecule has 116 valence electrons. The van der Waals surface area contributed by atoms with Crippen molar-refractivity contribution in [3.05, 3.63) is 71.8 Å². The molecule has 0 radical (unpaired) electrons. The Hall–Kier alpha value is -2.75. The lowest BCUT2D eigenvalue weighted by Gasteiger charge is -2.17. The number of hydrazone groups is 2. The number of benzene rings is 2. The minimum absolute atomic E-state index is 0.119. The topological polar surface area (TPSA) is 45.0 Å². The first-order valence-corrected chi connectivity index (χ1v) is 7.60. The van der Waals surface area contributed by atoms with Crippen molar-refractivity contribution in [3.8, 4) is 0 Å². The predicted molar refractivity (Wildman–Crippen MR) is 92.3 cm³/mol. The van der Waals surface area contributed by atoms with Crippen molar-refractivity contribution in [2.45, 2.75) is 20.8 Å². The third-order valence-corrected chi connectivity index (χ3v) is 3.99. The number of carbonyl (C=O) groups excluding carboxylic acids is 1. The van der Waals surface area contributed by atoms with Crippen molar-refractivity contribution in [2.75, 3.05) is 0 Å². The normalized spacial score (nSPS) is 17.3. The Kier molecular flexibility index (Phi) is 3.82. The molecule has 2 aromatic rings. The molecule has 1 heterocycles. The molecule has 1 aliphatic heterocycles. The van der Waals surface area contributed by atoms with E-state index in [9.17, 15) is 4.79 Å². The van der Waals surface area contributed by atoms with Crippen LogP contribution in [0.15, 0.2) is 70.9 Å². The quantitative estimate of drug-likeness (QED) is 0.798. The van der Waals surface area contributed by atoms with Crippen LogP contribution in [0.3, 0.4) is 0 Å². The number of rotatable bonds is 3. The maximum Gasteiger partial charge on any atom is 0.276 e. The van der Waals surface area contributed by atoms with Crippen LogP contribution in [0, 0.1) is 5.41 Å². The van der Waals surface area contributed by atoms with Gasteiger partial charge >= 0.3 is 0 Å². The zero-order valence-corrected chi connectivity index (χ0v) is 13.5. The van der Waals surface area contributed by atoms with E-state index in [4.69, 9.17) is 0 Å². The van der Waals surface area contributed by atoms with Crippen molar-refractivity contribution in [1.29, 1.82) is 0 Å². The largest absolute Gasteiger partial charge is 0.276 e. The first-order valence-electron chi connectivity index (χ1n) is 7.60. The molecule has 0 fully saturated rings. The molecule has 0 saturated carbocycles. The Morgan fingerprint density at radius 2 is 1.57 bits per heavy atom. The van der Waals surface area contributed by atoms with Gasteiger partial charge in [-0.3, -0.25) is 4.79 Å². The Morgan fingerprint density at radius 1 is 1.00 bits per heavy atom. The Labute approximate surface area is 136 Å². The molecule has 1 amide bonds. The molecule has 0 aliphatic carbocycles. The van der Waals surface area contributed by atoms with Crippen molar-refractivity contribution in [1.82, 2.24) is 5.12 Å². The van der Waals surface area contributed by atoms with Gasteiger partial charge in [-0.15, -0.1) is 5.12 Å². The third-order valence-electron chi connectivity index (χ3n) is 3.99. The molecule has 0 bridgehead atoms. The highest BCUT2D eigenvalue weighted by Gasteiger charge is 2.44. The summed E-state index contributed by atoms with van der Waals surface area (Å²) in [6.45, 7) is 5.65. The van der Waals surface area contributed by atoms with Crippen molar-refractivity contribution in [2.24, 2.45) is 15.6 Å². The second-order valence-corrected chi connectivity index (χ2v) is 6.09. The molecule has 1 aliphatic rings. The molecular weight excluding hydrogens is 286 g/mol. The van der Waals surface area contributed by atoms with E-state index in [0.717, 1.165) is 22.6 Å². The molecule has 4 nitrogen and oxygen atoms in total. The van der Waals surface area contributed by atoms with Crippen LogP contribution in [0.5, 0.6) is 0 Å². The predicted octanol–water partition coefficient (Wildman–Crippen LogP) is 3.68. The third kappa shape index (κ3) is 2.80. The van der Waals surface area contributed by atoms with Crippen molar-refractivity contribution < 1.29 is 4.79 Å². The lowest BCUT2D eigenvalue weighted by molar-refractivity contribution is -0.134. The smallest absolute Gasteiger partial charge is 0.270 e. The number of hydrogen-bond donors (Lipinski definition) is 0. The molecule has 0 saturated heterocycles. The van der Waals surface area contributed by atoms with E-state index >= 15 is 0 Å². The second-order valence-electron chi connectivity index (χ2n) is 6.09. The van der Waals surface area contributed by atoms with Gasteiger partial charge in [0.2, 0.25) is 0 Å². The van der Waals surface area contributed by atoms with Gasteiger partial charge in [0, 0.05) is 0 Å². The summed E-state index contributed by atoms with van der Waals surface area (Å²) in [5.74, 6) is -0.119. The summed E-state index contributed by atoms with van der Waals surface area (Å²) in [5, 5.41) is 10.1. The number of amides is 1. The van der Waals surface area contributed by atoms with Gasteiger partial charge < -0.3 is 0 Å². The Balaban J connectivity index is 1.98. The summed E-state index contributed by atoms with van der Waals surface area (Å²) in [5.41, 5.74) is 2.73. The van der Waals surface area contributed by atoms with Gasteiger partial charge in [0.05, 0.1) is 16.8 Å². The summed E-state index contributed by atoms with van der Waals surface area (Å²) in [7, 11) is 0. The van der Waals surface area contributed by atoms with E-state index in [0.29, 0.717) is 0 Å². The maximum absolute atomic E-state index is 12.7. The van der Waals surface area contributed by atoms with Crippen LogP contribution in [0.25, 0.3) is 0 Å². The van der Waals surface area contributed by atoms with Gasteiger partial charge in [0.15, 0.2) is 0 Å². The maximum atomic E-state index is 12.7. The van der Waals surface area contributed by atoms with Crippen LogP contribution in [0.2, 0.25) is 0 Å². The monoisotopic (exact) mass is 305 g/mol. The van der Waals surface area contributed by atoms with Crippen molar-refractivity contribution in [3.63, 3.8) is 0 Å². The average molecular weight is 305 g/mol. The Morgan fingerprint density at radius 3 is 2.17 bits per heavy atom. The number of hydrogen-bond acceptors (Lipinski definition) is 3. The van der Waals surface area contributed by atoms with Gasteiger partial charge in [-0.05, 0) is 31.9 Å². The first-order chi connectivity index (χ1) is 11.0. The first kappa shape index (κ1) is 15.2. The van der Waals surface area contributed by atoms with Gasteiger partial charge in [-0.2, -0.15) is 10.2 Å². The van der Waals surface area contributed by atoms with E-state index in [2.05, 4.69) is 10.2 Å². The minimum Gasteiger partial charge on any atom is -0.270 e. The van der Waals surface area contributed by atoms with E-state index in [1.165, 1.54) is 5.12 Å². The number of nitrogens with zero attached hydrogens (tertiary/aromatic N) is 3. The fourth-order valence-corrected chi connectivity index (χ4v) is 2.58. The molecule has 23 heavy (non-hydrogen) atoms. The van der Waals surface area contributed by atoms with E-state index in [-0.39, 0.29) is 5.91 Å². The molecule has 2 aromatic carbocycles. The van der Waals surface area contributed by atoms with Gasteiger partial charge in [-0.25, -0.2) is 0 Å². The molecule has 4 heteroatoms. The standard InChI is InChI=1S/C19H19N3O/c1-14(15-10-6-4-7-11-15)20-22-18(23)19(2,3)17(21-22)16-12-8-5-9-13-16/h4-13H,1-3H3/b20-14+. The number of carbonyl (C=O) groups is 1. The van der Waals surface area contributed by atoms with Crippen LogP contribution < -0.4 is 0 Å².